The largest absolute Gasteiger partial charge is 0.342 e. The second-order valence-corrected chi connectivity index (χ2v) is 4.31. The van der Waals surface area contributed by atoms with Gasteiger partial charge in [-0.3, -0.25) is 14.0 Å². The summed E-state index contributed by atoms with van der Waals surface area (Å²) in [6, 6.07) is 3.15. The first kappa shape index (κ1) is 14.8. The predicted octanol–water partition coefficient (Wildman–Crippen LogP) is -0.274. The smallest absolute Gasteiger partial charge is 0.331 e. The molecule has 8 nitrogen and oxygen atoms in total. The third-order valence-corrected chi connectivity index (χ3v) is 2.50. The standard InChI is InChI=1S/C7H11NO7P2/c9-7(14-16(10)11,15-17(12)13)4-6-2-1-3-8-5-6/h1-3,5,9-13H,4H2. The Bertz CT molecular complexity index is 326. The fourth-order valence-corrected chi connectivity index (χ4v) is 1.87. The van der Waals surface area contributed by atoms with Crippen molar-refractivity contribution < 1.29 is 33.7 Å². The summed E-state index contributed by atoms with van der Waals surface area (Å²) in [6.45, 7) is 0. The normalized spacial score (nSPS) is 12.4. The van der Waals surface area contributed by atoms with Crippen LogP contribution >= 0.6 is 17.2 Å². The van der Waals surface area contributed by atoms with Crippen molar-refractivity contribution in [3.8, 4) is 0 Å². The van der Waals surface area contributed by atoms with Crippen molar-refractivity contribution in [1.29, 1.82) is 0 Å². The molecule has 1 rings (SSSR count). The van der Waals surface area contributed by atoms with Crippen LogP contribution in [-0.2, 0) is 15.5 Å². The molecule has 17 heavy (non-hydrogen) atoms. The molecule has 1 heterocycles. The zero-order valence-electron chi connectivity index (χ0n) is 8.41. The molecule has 0 saturated heterocycles. The van der Waals surface area contributed by atoms with E-state index in [4.69, 9.17) is 19.6 Å². The summed E-state index contributed by atoms with van der Waals surface area (Å²) >= 11 is 0. The van der Waals surface area contributed by atoms with Gasteiger partial charge in [0.2, 0.25) is 0 Å². The molecular formula is C7H11NO7P2. The van der Waals surface area contributed by atoms with Crippen molar-refractivity contribution in [2.45, 2.75) is 12.4 Å². The monoisotopic (exact) mass is 283 g/mol. The summed E-state index contributed by atoms with van der Waals surface area (Å²) < 4.78 is 8.66. The lowest BCUT2D eigenvalue weighted by atomic mass is 10.2. The van der Waals surface area contributed by atoms with Crippen LogP contribution in [-0.4, -0.2) is 35.6 Å². The summed E-state index contributed by atoms with van der Waals surface area (Å²) in [5, 5.41) is 9.73. The molecule has 0 saturated carbocycles. The molecule has 0 radical (unpaired) electrons. The molecule has 5 N–H and O–H groups in total. The predicted molar refractivity (Wildman–Crippen MR) is 57.8 cm³/mol. The molecule has 0 aromatic carbocycles. The molecule has 96 valence electrons. The van der Waals surface area contributed by atoms with Crippen LogP contribution in [0, 0.1) is 0 Å². The van der Waals surface area contributed by atoms with E-state index >= 15 is 0 Å². The Morgan fingerprint density at radius 2 is 1.76 bits per heavy atom. The average Bonchev–Trinajstić information content (AvgIpc) is 2.15. The Kier molecular flexibility index (Phi) is 5.75. The highest BCUT2D eigenvalue weighted by Gasteiger charge is 2.36. The molecule has 0 spiro atoms. The third kappa shape index (κ3) is 5.74. The SMILES string of the molecule is OP(O)OC(O)(Cc1cccnc1)OP(O)O. The van der Waals surface area contributed by atoms with E-state index in [1.807, 2.05) is 0 Å². The molecule has 1 aromatic rings. The number of aromatic nitrogens is 1. The molecule has 0 unspecified atom stereocenters. The Morgan fingerprint density at radius 1 is 1.18 bits per heavy atom. The maximum Gasteiger partial charge on any atom is 0.331 e. The van der Waals surface area contributed by atoms with Crippen molar-refractivity contribution in [3.63, 3.8) is 0 Å². The van der Waals surface area contributed by atoms with Crippen molar-refractivity contribution in [1.82, 2.24) is 4.98 Å². The lowest BCUT2D eigenvalue weighted by Gasteiger charge is -2.27. The number of aliphatic hydroxyl groups is 1. The van der Waals surface area contributed by atoms with Gasteiger partial charge < -0.3 is 24.7 Å². The zero-order valence-corrected chi connectivity index (χ0v) is 10.2. The number of rotatable bonds is 6. The number of hydrogen-bond donors (Lipinski definition) is 5. The van der Waals surface area contributed by atoms with E-state index in [2.05, 4.69) is 14.0 Å². The highest BCUT2D eigenvalue weighted by molar-refractivity contribution is 7.40. The van der Waals surface area contributed by atoms with Gasteiger partial charge in [-0.15, -0.1) is 0 Å². The molecule has 0 fully saturated rings. The molecule has 0 aliphatic rings. The molecule has 0 amide bonds. The summed E-state index contributed by atoms with van der Waals surface area (Å²) in [4.78, 5) is 38.4. The van der Waals surface area contributed by atoms with Gasteiger partial charge in [0, 0.05) is 12.4 Å². The summed E-state index contributed by atoms with van der Waals surface area (Å²) in [6.07, 6.45) is 2.53. The minimum absolute atomic E-state index is 0.346. The maximum absolute atomic E-state index is 9.73. The van der Waals surface area contributed by atoms with Crippen molar-refractivity contribution >= 4 is 17.2 Å². The van der Waals surface area contributed by atoms with Crippen LogP contribution < -0.4 is 0 Å². The molecule has 0 aliphatic heterocycles. The maximum atomic E-state index is 9.73. The van der Waals surface area contributed by atoms with Gasteiger partial charge in [0.05, 0.1) is 6.42 Å². The average molecular weight is 283 g/mol. The number of nitrogens with zero attached hydrogens (tertiary/aromatic N) is 1. The van der Waals surface area contributed by atoms with Crippen LogP contribution in [0.1, 0.15) is 5.56 Å². The highest BCUT2D eigenvalue weighted by atomic mass is 31.2. The van der Waals surface area contributed by atoms with Gasteiger partial charge in [-0.05, 0) is 11.6 Å². The van der Waals surface area contributed by atoms with Crippen LogP contribution in [0.2, 0.25) is 0 Å². The molecule has 1 aromatic heterocycles. The van der Waals surface area contributed by atoms with E-state index in [1.54, 1.807) is 12.1 Å². The summed E-state index contributed by atoms with van der Waals surface area (Å²) in [5.74, 6) is -2.53. The molecule has 0 atom stereocenters. The topological polar surface area (TPSA) is 132 Å². The van der Waals surface area contributed by atoms with Crippen molar-refractivity contribution in [2.75, 3.05) is 0 Å². The molecule has 0 bridgehead atoms. The fraction of sp³-hybridized carbons (Fsp3) is 0.286. The van der Waals surface area contributed by atoms with E-state index in [1.165, 1.54) is 12.4 Å². The van der Waals surface area contributed by atoms with Crippen LogP contribution in [0.25, 0.3) is 0 Å². The fourth-order valence-electron chi connectivity index (χ4n) is 1.10. The molecule has 10 heteroatoms. The first-order valence-corrected chi connectivity index (χ1v) is 6.59. The molecule has 0 aliphatic carbocycles. The van der Waals surface area contributed by atoms with Gasteiger partial charge in [0.15, 0.2) is 0 Å². The Morgan fingerprint density at radius 3 is 2.18 bits per heavy atom. The minimum atomic E-state index is -2.92. The molecular weight excluding hydrogens is 272 g/mol. The number of hydrogen-bond acceptors (Lipinski definition) is 8. The van der Waals surface area contributed by atoms with Crippen LogP contribution in [0.5, 0.6) is 0 Å². The van der Waals surface area contributed by atoms with E-state index < -0.39 is 23.2 Å². The summed E-state index contributed by atoms with van der Waals surface area (Å²) in [7, 11) is -5.85. The second-order valence-electron chi connectivity index (χ2n) is 2.94. The van der Waals surface area contributed by atoms with Gasteiger partial charge in [-0.2, -0.15) is 0 Å². The van der Waals surface area contributed by atoms with E-state index in [0.29, 0.717) is 5.56 Å². The van der Waals surface area contributed by atoms with Crippen molar-refractivity contribution in [2.24, 2.45) is 0 Å². The van der Waals surface area contributed by atoms with E-state index in [9.17, 15) is 5.11 Å². The lowest BCUT2D eigenvalue weighted by Crippen LogP contribution is -2.35. The third-order valence-electron chi connectivity index (χ3n) is 1.60. The van der Waals surface area contributed by atoms with E-state index in [0.717, 1.165) is 0 Å². The minimum Gasteiger partial charge on any atom is -0.342 e. The van der Waals surface area contributed by atoms with Gasteiger partial charge >= 0.3 is 17.2 Å². The van der Waals surface area contributed by atoms with E-state index in [-0.39, 0.29) is 6.42 Å². The number of pyridine rings is 1. The highest BCUT2D eigenvalue weighted by Crippen LogP contribution is 2.40. The van der Waals surface area contributed by atoms with Crippen molar-refractivity contribution in [3.05, 3.63) is 30.1 Å². The quantitative estimate of drug-likeness (QED) is 0.356. The van der Waals surface area contributed by atoms with Gasteiger partial charge in [0.25, 0.3) is 5.97 Å². The van der Waals surface area contributed by atoms with Crippen LogP contribution in [0.4, 0.5) is 0 Å². The first-order chi connectivity index (χ1) is 7.91. The Labute approximate surface area is 99.1 Å². The Hall–Kier alpha value is -0.270. The van der Waals surface area contributed by atoms with Crippen LogP contribution in [0.3, 0.4) is 0 Å². The van der Waals surface area contributed by atoms with Gasteiger partial charge in [0.1, 0.15) is 0 Å². The van der Waals surface area contributed by atoms with Gasteiger partial charge in [-0.25, -0.2) is 0 Å². The summed E-state index contributed by atoms with van der Waals surface area (Å²) in [5.41, 5.74) is 0.448. The van der Waals surface area contributed by atoms with Crippen LogP contribution in [0.15, 0.2) is 24.5 Å². The Balaban J connectivity index is 2.76. The van der Waals surface area contributed by atoms with Gasteiger partial charge in [-0.1, -0.05) is 6.07 Å². The zero-order chi connectivity index (χ0) is 12.9. The lowest BCUT2D eigenvalue weighted by molar-refractivity contribution is -0.276. The second kappa shape index (κ2) is 6.61. The first-order valence-electron chi connectivity index (χ1n) is 4.26.